The second-order valence-electron chi connectivity index (χ2n) is 4.79. The zero-order chi connectivity index (χ0) is 17.5. The second kappa shape index (κ2) is 7.92. The molecule has 2 rings (SSSR count). The zero-order valence-electron chi connectivity index (χ0n) is 13.2. The van der Waals surface area contributed by atoms with Gasteiger partial charge in [0.15, 0.2) is 11.6 Å². The third-order valence-corrected chi connectivity index (χ3v) is 3.18. The summed E-state index contributed by atoms with van der Waals surface area (Å²) in [4.78, 5) is 23.2. The molecule has 0 spiro atoms. The van der Waals surface area contributed by atoms with Crippen molar-refractivity contribution in [2.24, 2.45) is 0 Å². The average Bonchev–Trinajstić information content (AvgIpc) is 2.60. The van der Waals surface area contributed by atoms with Crippen molar-refractivity contribution in [3.05, 3.63) is 65.5 Å². The van der Waals surface area contributed by atoms with Crippen molar-refractivity contribution < 1.29 is 23.5 Å². The van der Waals surface area contributed by atoms with Crippen LogP contribution >= 0.6 is 0 Å². The van der Waals surface area contributed by atoms with Gasteiger partial charge in [-0.25, -0.2) is 9.18 Å². The Kier molecular flexibility index (Phi) is 5.68. The van der Waals surface area contributed by atoms with Crippen LogP contribution in [0.1, 0.15) is 15.9 Å². The molecule has 5 nitrogen and oxygen atoms in total. The van der Waals surface area contributed by atoms with E-state index in [4.69, 9.17) is 4.74 Å². The molecule has 0 atom stereocenters. The van der Waals surface area contributed by atoms with Gasteiger partial charge in [0.1, 0.15) is 0 Å². The molecule has 0 saturated carbocycles. The van der Waals surface area contributed by atoms with Crippen LogP contribution in [0, 0.1) is 5.82 Å². The summed E-state index contributed by atoms with van der Waals surface area (Å²) in [6, 6.07) is 10.7. The van der Waals surface area contributed by atoms with Gasteiger partial charge < -0.3 is 14.8 Å². The van der Waals surface area contributed by atoms with Gasteiger partial charge in [-0.05, 0) is 48.0 Å². The van der Waals surface area contributed by atoms with Crippen molar-refractivity contribution in [2.45, 2.75) is 0 Å². The lowest BCUT2D eigenvalue weighted by Crippen LogP contribution is -2.08. The average molecular weight is 329 g/mol. The quantitative estimate of drug-likeness (QED) is 0.675. The molecule has 0 radical (unpaired) electrons. The number of methoxy groups -OCH3 is 2. The summed E-state index contributed by atoms with van der Waals surface area (Å²) in [5.41, 5.74) is 1.45. The van der Waals surface area contributed by atoms with E-state index >= 15 is 0 Å². The fourth-order valence-electron chi connectivity index (χ4n) is 1.95. The predicted molar refractivity (Wildman–Crippen MR) is 88.4 cm³/mol. The van der Waals surface area contributed by atoms with E-state index in [0.717, 1.165) is 0 Å². The number of anilines is 1. The molecule has 1 N–H and O–H groups in total. The Labute approximate surface area is 138 Å². The van der Waals surface area contributed by atoms with Gasteiger partial charge in [-0.3, -0.25) is 4.79 Å². The Morgan fingerprint density at radius 3 is 2.38 bits per heavy atom. The first-order chi connectivity index (χ1) is 11.5. The van der Waals surface area contributed by atoms with E-state index < -0.39 is 11.8 Å². The Hall–Kier alpha value is -3.15. The molecule has 0 unspecified atom stereocenters. The van der Waals surface area contributed by atoms with Crippen LogP contribution in [0.2, 0.25) is 0 Å². The van der Waals surface area contributed by atoms with E-state index in [0.29, 0.717) is 16.8 Å². The smallest absolute Gasteiger partial charge is 0.337 e. The molecule has 1 amide bonds. The van der Waals surface area contributed by atoms with E-state index in [1.165, 1.54) is 38.5 Å². The van der Waals surface area contributed by atoms with Crippen LogP contribution in [0.5, 0.6) is 5.75 Å². The molecule has 0 aliphatic heterocycles. The van der Waals surface area contributed by atoms with Crippen LogP contribution in [-0.4, -0.2) is 26.1 Å². The fraction of sp³-hybridized carbons (Fsp3) is 0.111. The van der Waals surface area contributed by atoms with Crippen molar-refractivity contribution >= 4 is 23.6 Å². The minimum absolute atomic E-state index is 0.141. The van der Waals surface area contributed by atoms with Crippen LogP contribution in [0.15, 0.2) is 48.5 Å². The molecule has 0 fully saturated rings. The van der Waals surface area contributed by atoms with E-state index in [1.54, 1.807) is 30.3 Å². The molecule has 24 heavy (non-hydrogen) atoms. The number of rotatable bonds is 5. The monoisotopic (exact) mass is 329 g/mol. The number of nitrogens with one attached hydrogen (secondary N) is 1. The summed E-state index contributed by atoms with van der Waals surface area (Å²) in [5, 5.41) is 2.64. The van der Waals surface area contributed by atoms with Crippen LogP contribution in [-0.2, 0) is 9.53 Å². The summed E-state index contributed by atoms with van der Waals surface area (Å²) < 4.78 is 23.0. The molecule has 0 aliphatic rings. The lowest BCUT2D eigenvalue weighted by molar-refractivity contribution is -0.111. The van der Waals surface area contributed by atoms with Gasteiger partial charge in [-0.1, -0.05) is 6.07 Å². The Morgan fingerprint density at radius 2 is 1.79 bits per heavy atom. The molecular formula is C18H16FNO4. The highest BCUT2D eigenvalue weighted by atomic mass is 19.1. The molecule has 0 bridgehead atoms. The van der Waals surface area contributed by atoms with Crippen LogP contribution in [0.25, 0.3) is 6.08 Å². The third kappa shape index (κ3) is 4.42. The Balaban J connectivity index is 2.00. The highest BCUT2D eigenvalue weighted by Crippen LogP contribution is 2.18. The molecule has 2 aromatic carbocycles. The van der Waals surface area contributed by atoms with Gasteiger partial charge in [0.25, 0.3) is 0 Å². The minimum atomic E-state index is -0.501. The molecular weight excluding hydrogens is 313 g/mol. The number of ether oxygens (including phenoxy) is 2. The third-order valence-electron chi connectivity index (χ3n) is 3.18. The highest BCUT2D eigenvalue weighted by Gasteiger charge is 2.05. The van der Waals surface area contributed by atoms with Gasteiger partial charge in [0.2, 0.25) is 5.91 Å². The molecule has 0 aromatic heterocycles. The number of hydrogen-bond acceptors (Lipinski definition) is 4. The summed E-state index contributed by atoms with van der Waals surface area (Å²) in [6.45, 7) is 0. The van der Waals surface area contributed by atoms with Crippen LogP contribution < -0.4 is 10.1 Å². The number of amides is 1. The van der Waals surface area contributed by atoms with Crippen molar-refractivity contribution in [1.29, 1.82) is 0 Å². The maximum absolute atomic E-state index is 13.6. The van der Waals surface area contributed by atoms with E-state index in [1.807, 2.05) is 0 Å². The molecule has 124 valence electrons. The molecule has 0 aliphatic carbocycles. The van der Waals surface area contributed by atoms with Gasteiger partial charge in [-0.15, -0.1) is 0 Å². The topological polar surface area (TPSA) is 64.6 Å². The lowest BCUT2D eigenvalue weighted by atomic mass is 10.2. The second-order valence-corrected chi connectivity index (χ2v) is 4.79. The lowest BCUT2D eigenvalue weighted by Gasteiger charge is -2.04. The first-order valence-corrected chi connectivity index (χ1v) is 7.04. The molecule has 0 saturated heterocycles. The number of carbonyl (C=O) groups excluding carboxylic acids is 2. The number of hydrogen-bond donors (Lipinski definition) is 1. The number of benzene rings is 2. The summed E-state index contributed by atoms with van der Waals surface area (Å²) in [5.74, 6) is -1.19. The summed E-state index contributed by atoms with van der Waals surface area (Å²) >= 11 is 0. The van der Waals surface area contributed by atoms with Gasteiger partial charge in [0.05, 0.1) is 19.8 Å². The first-order valence-electron chi connectivity index (χ1n) is 7.04. The van der Waals surface area contributed by atoms with E-state index in [-0.39, 0.29) is 11.7 Å². The molecule has 2 aromatic rings. The highest BCUT2D eigenvalue weighted by molar-refractivity contribution is 6.02. The number of esters is 1. The SMILES string of the molecule is COC(=O)c1ccc(NC(=O)/C=C/c2ccc(OC)c(F)c2)cc1. The number of halogens is 1. The summed E-state index contributed by atoms with van der Waals surface area (Å²) in [6.07, 6.45) is 2.77. The van der Waals surface area contributed by atoms with Gasteiger partial charge >= 0.3 is 5.97 Å². The minimum Gasteiger partial charge on any atom is -0.494 e. The van der Waals surface area contributed by atoms with Crippen LogP contribution in [0.3, 0.4) is 0 Å². The van der Waals surface area contributed by atoms with Crippen LogP contribution in [0.4, 0.5) is 10.1 Å². The Bertz CT molecular complexity index is 769. The maximum atomic E-state index is 13.6. The van der Waals surface area contributed by atoms with Gasteiger partial charge in [-0.2, -0.15) is 0 Å². The van der Waals surface area contributed by atoms with E-state index in [2.05, 4.69) is 10.1 Å². The predicted octanol–water partition coefficient (Wildman–Crippen LogP) is 3.27. The standard InChI is InChI=1S/C18H16FNO4/c1-23-16-9-3-12(11-15(16)19)4-10-17(21)20-14-7-5-13(6-8-14)18(22)24-2/h3-11H,1-2H3,(H,20,21)/b10-4+. The normalized spacial score (nSPS) is 10.5. The zero-order valence-corrected chi connectivity index (χ0v) is 13.2. The van der Waals surface area contributed by atoms with E-state index in [9.17, 15) is 14.0 Å². The Morgan fingerprint density at radius 1 is 1.08 bits per heavy atom. The maximum Gasteiger partial charge on any atom is 0.337 e. The van der Waals surface area contributed by atoms with Crippen molar-refractivity contribution in [1.82, 2.24) is 0 Å². The first kappa shape index (κ1) is 17.2. The van der Waals surface area contributed by atoms with Crippen molar-refractivity contribution in [2.75, 3.05) is 19.5 Å². The number of carbonyl (C=O) groups is 2. The summed E-state index contributed by atoms with van der Waals surface area (Å²) in [7, 11) is 2.68. The van der Waals surface area contributed by atoms with Crippen molar-refractivity contribution in [3.63, 3.8) is 0 Å². The molecule has 0 heterocycles. The van der Waals surface area contributed by atoms with Gasteiger partial charge in [0, 0.05) is 11.8 Å². The van der Waals surface area contributed by atoms with Crippen molar-refractivity contribution in [3.8, 4) is 5.75 Å². The fourth-order valence-corrected chi connectivity index (χ4v) is 1.95. The molecule has 6 heteroatoms. The largest absolute Gasteiger partial charge is 0.494 e.